The predicted molar refractivity (Wildman–Crippen MR) is 122 cm³/mol. The second-order valence-corrected chi connectivity index (χ2v) is 10.3. The lowest BCUT2D eigenvalue weighted by Crippen LogP contribution is -2.44. The number of benzene rings is 1. The molecule has 2 aliphatic heterocycles. The SMILES string of the molecule is O=C(CNC(=O)c1cc2c(s1)CN(C1=NOC(c3cc(Cl)c(F)c(Cl)c3)(C(F)(F)F)C1)C2)NCC(F)(F)F. The first-order chi connectivity index (χ1) is 17.6. The highest BCUT2D eigenvalue weighted by Crippen LogP contribution is 2.50. The summed E-state index contributed by atoms with van der Waals surface area (Å²) < 4.78 is 92.8. The smallest absolute Gasteiger partial charge is 0.372 e. The third-order valence-corrected chi connectivity index (χ3v) is 7.41. The van der Waals surface area contributed by atoms with E-state index in [1.807, 2.05) is 0 Å². The highest BCUT2D eigenvalue weighted by atomic mass is 35.5. The Morgan fingerprint density at radius 2 is 1.74 bits per heavy atom. The summed E-state index contributed by atoms with van der Waals surface area (Å²) >= 11 is 12.4. The van der Waals surface area contributed by atoms with Crippen LogP contribution in [-0.2, 0) is 28.3 Å². The zero-order valence-electron chi connectivity index (χ0n) is 18.7. The van der Waals surface area contributed by atoms with E-state index in [1.54, 1.807) is 5.32 Å². The summed E-state index contributed by atoms with van der Waals surface area (Å²) in [4.78, 5) is 31.0. The van der Waals surface area contributed by atoms with Crippen molar-refractivity contribution in [3.63, 3.8) is 0 Å². The predicted octanol–water partition coefficient (Wildman–Crippen LogP) is 5.11. The molecule has 0 saturated heterocycles. The molecule has 2 aliphatic rings. The fourth-order valence-corrected chi connectivity index (χ4v) is 5.41. The Morgan fingerprint density at radius 1 is 1.08 bits per heavy atom. The maximum absolute atomic E-state index is 14.2. The van der Waals surface area contributed by atoms with Crippen LogP contribution in [0.2, 0.25) is 10.0 Å². The summed E-state index contributed by atoms with van der Waals surface area (Å²) in [5.74, 6) is -2.84. The lowest BCUT2D eigenvalue weighted by atomic mass is 9.89. The van der Waals surface area contributed by atoms with Gasteiger partial charge in [0.15, 0.2) is 5.82 Å². The van der Waals surface area contributed by atoms with Crippen molar-refractivity contribution in [2.45, 2.75) is 37.5 Å². The Kier molecular flexibility index (Phi) is 7.49. The van der Waals surface area contributed by atoms with Crippen molar-refractivity contribution < 1.29 is 45.2 Å². The van der Waals surface area contributed by atoms with Crippen LogP contribution in [0.25, 0.3) is 0 Å². The van der Waals surface area contributed by atoms with Crippen molar-refractivity contribution in [1.29, 1.82) is 0 Å². The van der Waals surface area contributed by atoms with Crippen LogP contribution in [0.5, 0.6) is 0 Å². The van der Waals surface area contributed by atoms with E-state index >= 15 is 0 Å². The van der Waals surface area contributed by atoms with Crippen LogP contribution in [0.1, 0.15) is 32.1 Å². The molecule has 206 valence electrons. The number of hydrogen-bond acceptors (Lipinski definition) is 6. The molecule has 0 aliphatic carbocycles. The number of fused-ring (bicyclic) bond motifs is 1. The van der Waals surface area contributed by atoms with Gasteiger partial charge in [-0.25, -0.2) is 4.39 Å². The van der Waals surface area contributed by atoms with Gasteiger partial charge in [-0.05, 0) is 23.8 Å². The van der Waals surface area contributed by atoms with Crippen LogP contribution < -0.4 is 10.6 Å². The van der Waals surface area contributed by atoms with Gasteiger partial charge in [0.1, 0.15) is 12.4 Å². The molecule has 38 heavy (non-hydrogen) atoms. The summed E-state index contributed by atoms with van der Waals surface area (Å²) in [6, 6.07) is 3.03. The number of alkyl halides is 6. The van der Waals surface area contributed by atoms with Gasteiger partial charge >= 0.3 is 12.4 Å². The van der Waals surface area contributed by atoms with Crippen molar-refractivity contribution in [3.05, 3.63) is 54.9 Å². The number of nitrogens with zero attached hydrogens (tertiary/aromatic N) is 2. The number of rotatable bonds is 5. The molecule has 1 unspecified atom stereocenters. The van der Waals surface area contributed by atoms with E-state index in [2.05, 4.69) is 10.5 Å². The number of amidine groups is 1. The Hall–Kier alpha value is -2.78. The fourth-order valence-electron chi connectivity index (χ4n) is 3.82. The standard InChI is InChI=1S/C21H15Cl2F7N4O3S/c22-11-2-10(3-12(23)17(11)24)19(21(28,29)30)4-15(33-37-19)34-6-9-1-13(38-14(9)7-34)18(36)31-5-16(35)32-8-20(25,26)27/h1-3H,4-8H2,(H,31,36)(H,32,35). The molecule has 4 rings (SSSR count). The van der Waals surface area contributed by atoms with Crippen molar-refractivity contribution in [2.75, 3.05) is 13.1 Å². The number of amides is 2. The van der Waals surface area contributed by atoms with E-state index < -0.39 is 70.7 Å². The molecule has 2 amide bonds. The highest BCUT2D eigenvalue weighted by Gasteiger charge is 2.63. The van der Waals surface area contributed by atoms with Crippen molar-refractivity contribution in [3.8, 4) is 0 Å². The second kappa shape index (κ2) is 10.1. The molecule has 0 spiro atoms. The van der Waals surface area contributed by atoms with Gasteiger partial charge in [0, 0.05) is 17.0 Å². The summed E-state index contributed by atoms with van der Waals surface area (Å²) in [5, 5.41) is 6.25. The van der Waals surface area contributed by atoms with Crippen molar-refractivity contribution in [2.24, 2.45) is 5.16 Å². The highest BCUT2D eigenvalue weighted by molar-refractivity contribution is 7.14. The third-order valence-electron chi connectivity index (χ3n) is 5.70. The number of nitrogens with one attached hydrogen (secondary N) is 2. The molecule has 2 N–H and O–H groups in total. The van der Waals surface area contributed by atoms with E-state index in [9.17, 15) is 40.3 Å². The molecule has 7 nitrogen and oxygen atoms in total. The van der Waals surface area contributed by atoms with E-state index in [0.717, 1.165) is 23.5 Å². The van der Waals surface area contributed by atoms with E-state index in [-0.39, 0.29) is 23.8 Å². The summed E-state index contributed by atoms with van der Waals surface area (Å²) in [6.07, 6.45) is -10.3. The normalized spacial score (nSPS) is 19.2. The Bertz CT molecular complexity index is 1270. The molecule has 0 saturated carbocycles. The second-order valence-electron chi connectivity index (χ2n) is 8.34. The largest absolute Gasteiger partial charge is 0.435 e. The first kappa shape index (κ1) is 28.2. The quantitative estimate of drug-likeness (QED) is 0.366. The van der Waals surface area contributed by atoms with E-state index in [1.165, 1.54) is 11.0 Å². The number of hydrogen-bond donors (Lipinski definition) is 2. The van der Waals surface area contributed by atoms with Crippen molar-refractivity contribution >= 4 is 52.2 Å². The van der Waals surface area contributed by atoms with Gasteiger partial charge in [-0.2, -0.15) is 26.3 Å². The molecular weight excluding hydrogens is 592 g/mol. The summed E-state index contributed by atoms with van der Waals surface area (Å²) in [7, 11) is 0. The van der Waals surface area contributed by atoms with Crippen LogP contribution in [0.3, 0.4) is 0 Å². The van der Waals surface area contributed by atoms with Crippen LogP contribution in [0.15, 0.2) is 23.4 Å². The average Bonchev–Trinajstić information content (AvgIpc) is 3.52. The summed E-state index contributed by atoms with van der Waals surface area (Å²) in [6.45, 7) is -2.02. The van der Waals surface area contributed by atoms with Gasteiger partial charge in [-0.3, -0.25) is 9.59 Å². The number of halogens is 9. The fraction of sp³-hybridized carbons (Fsp3) is 0.381. The van der Waals surface area contributed by atoms with Crippen LogP contribution in [0, 0.1) is 5.82 Å². The van der Waals surface area contributed by atoms with Crippen LogP contribution in [-0.4, -0.2) is 48.0 Å². The van der Waals surface area contributed by atoms with Gasteiger partial charge < -0.3 is 20.4 Å². The zero-order chi connectivity index (χ0) is 28.0. The first-order valence-corrected chi connectivity index (χ1v) is 12.1. The molecule has 1 aromatic carbocycles. The number of carbonyl (C=O) groups excluding carboxylic acids is 2. The van der Waals surface area contributed by atoms with Crippen LogP contribution >= 0.6 is 34.5 Å². The lowest BCUT2D eigenvalue weighted by Gasteiger charge is -2.30. The Balaban J connectivity index is 1.41. The molecule has 1 aromatic heterocycles. The van der Waals surface area contributed by atoms with Gasteiger partial charge in [-0.15, -0.1) is 11.3 Å². The minimum absolute atomic E-state index is 0.0466. The van der Waals surface area contributed by atoms with Gasteiger partial charge in [0.2, 0.25) is 5.91 Å². The molecule has 17 heteroatoms. The Labute approximate surface area is 223 Å². The molecule has 0 fully saturated rings. The van der Waals surface area contributed by atoms with Gasteiger partial charge in [0.05, 0.1) is 34.4 Å². The first-order valence-electron chi connectivity index (χ1n) is 10.5. The minimum Gasteiger partial charge on any atom is -0.372 e. The molecule has 0 bridgehead atoms. The molecule has 1 atom stereocenters. The third kappa shape index (κ3) is 5.64. The number of thiophene rings is 1. The minimum atomic E-state index is -4.97. The Morgan fingerprint density at radius 3 is 2.32 bits per heavy atom. The monoisotopic (exact) mass is 606 g/mol. The topological polar surface area (TPSA) is 83.0 Å². The maximum atomic E-state index is 14.2. The number of oxime groups is 1. The summed E-state index contributed by atoms with van der Waals surface area (Å²) in [5.41, 5.74) is -2.86. The zero-order valence-corrected chi connectivity index (χ0v) is 21.0. The average molecular weight is 607 g/mol. The number of carbonyl (C=O) groups is 2. The molecule has 3 heterocycles. The van der Waals surface area contributed by atoms with E-state index in [4.69, 9.17) is 28.0 Å². The molecule has 2 aromatic rings. The van der Waals surface area contributed by atoms with Gasteiger partial charge in [0.25, 0.3) is 11.5 Å². The van der Waals surface area contributed by atoms with Gasteiger partial charge in [-0.1, -0.05) is 28.4 Å². The lowest BCUT2D eigenvalue weighted by molar-refractivity contribution is -0.275. The van der Waals surface area contributed by atoms with E-state index in [0.29, 0.717) is 10.4 Å². The molecule has 0 radical (unpaired) electrons. The van der Waals surface area contributed by atoms with Crippen LogP contribution in [0.4, 0.5) is 30.7 Å². The maximum Gasteiger partial charge on any atom is 0.435 e. The van der Waals surface area contributed by atoms with Crippen molar-refractivity contribution in [1.82, 2.24) is 15.5 Å². The molecular formula is C21H15Cl2F7N4O3S.